The molecule has 0 saturated heterocycles. The van der Waals surface area contributed by atoms with Crippen molar-refractivity contribution in [2.45, 2.75) is 50.8 Å². The topological polar surface area (TPSA) is 51.2 Å². The van der Waals surface area contributed by atoms with Gasteiger partial charge in [-0.1, -0.05) is 32.9 Å². The predicted octanol–water partition coefficient (Wildman–Crippen LogP) is 3.13. The van der Waals surface area contributed by atoms with Crippen molar-refractivity contribution in [2.75, 3.05) is 5.75 Å². The standard InChI is InChI=1S/C15H22O3S/c1-12(16)6-5-11-19(17,18)14-9-7-13(8-10-14)15(2,3)4/h7-10H,5-6,11H2,1-4H3. The van der Waals surface area contributed by atoms with Crippen LogP contribution in [0.25, 0.3) is 0 Å². The first-order chi connectivity index (χ1) is 8.63. The van der Waals surface area contributed by atoms with Gasteiger partial charge < -0.3 is 4.79 Å². The number of hydrogen-bond donors (Lipinski definition) is 0. The highest BCUT2D eigenvalue weighted by molar-refractivity contribution is 7.91. The lowest BCUT2D eigenvalue weighted by molar-refractivity contribution is -0.117. The first-order valence-corrected chi connectivity index (χ1v) is 8.11. The van der Waals surface area contributed by atoms with Crippen LogP contribution in [0.3, 0.4) is 0 Å². The van der Waals surface area contributed by atoms with Crippen LogP contribution in [0.2, 0.25) is 0 Å². The quantitative estimate of drug-likeness (QED) is 0.833. The molecule has 0 aliphatic rings. The van der Waals surface area contributed by atoms with Crippen LogP contribution in [0.1, 0.15) is 46.1 Å². The number of sulfone groups is 1. The zero-order valence-electron chi connectivity index (χ0n) is 12.1. The highest BCUT2D eigenvalue weighted by Gasteiger charge is 2.17. The van der Waals surface area contributed by atoms with E-state index in [1.54, 1.807) is 12.1 Å². The van der Waals surface area contributed by atoms with Crippen molar-refractivity contribution < 1.29 is 13.2 Å². The Labute approximate surface area is 116 Å². The van der Waals surface area contributed by atoms with E-state index in [0.717, 1.165) is 5.56 Å². The fourth-order valence-electron chi connectivity index (χ4n) is 1.79. The van der Waals surface area contributed by atoms with Gasteiger partial charge in [-0.05, 0) is 36.5 Å². The summed E-state index contributed by atoms with van der Waals surface area (Å²) in [7, 11) is -3.27. The Bertz CT molecular complexity index is 534. The molecule has 19 heavy (non-hydrogen) atoms. The SMILES string of the molecule is CC(=O)CCCS(=O)(=O)c1ccc(C(C)(C)C)cc1. The zero-order valence-corrected chi connectivity index (χ0v) is 12.9. The van der Waals surface area contributed by atoms with Crippen molar-refractivity contribution in [3.8, 4) is 0 Å². The van der Waals surface area contributed by atoms with Gasteiger partial charge in [0.05, 0.1) is 10.6 Å². The van der Waals surface area contributed by atoms with Crippen LogP contribution in [0.4, 0.5) is 0 Å². The number of Topliss-reactive ketones (excluding diaryl/α,β-unsaturated/α-hetero) is 1. The minimum atomic E-state index is -3.27. The molecule has 0 saturated carbocycles. The van der Waals surface area contributed by atoms with Crippen LogP contribution >= 0.6 is 0 Å². The number of hydrogen-bond acceptors (Lipinski definition) is 3. The summed E-state index contributed by atoms with van der Waals surface area (Å²) in [5.41, 5.74) is 1.12. The lowest BCUT2D eigenvalue weighted by atomic mass is 9.87. The minimum Gasteiger partial charge on any atom is -0.300 e. The lowest BCUT2D eigenvalue weighted by Gasteiger charge is -2.19. The van der Waals surface area contributed by atoms with E-state index in [9.17, 15) is 13.2 Å². The molecule has 0 unspecified atom stereocenters. The molecular weight excluding hydrogens is 260 g/mol. The van der Waals surface area contributed by atoms with Gasteiger partial charge in [-0.25, -0.2) is 8.42 Å². The second-order valence-corrected chi connectivity index (χ2v) is 8.01. The summed E-state index contributed by atoms with van der Waals surface area (Å²) < 4.78 is 24.1. The second-order valence-electron chi connectivity index (χ2n) is 5.90. The molecule has 0 atom stereocenters. The molecule has 0 spiro atoms. The average Bonchev–Trinajstić information content (AvgIpc) is 2.27. The van der Waals surface area contributed by atoms with Crippen molar-refractivity contribution in [2.24, 2.45) is 0 Å². The molecule has 1 aromatic rings. The molecule has 0 aliphatic carbocycles. The van der Waals surface area contributed by atoms with Crippen LogP contribution in [0, 0.1) is 0 Å². The highest BCUT2D eigenvalue weighted by atomic mass is 32.2. The third-order valence-corrected chi connectivity index (χ3v) is 4.84. The number of carbonyl (C=O) groups excluding carboxylic acids is 1. The Morgan fingerprint density at radius 2 is 1.63 bits per heavy atom. The van der Waals surface area contributed by atoms with E-state index in [0.29, 0.717) is 17.7 Å². The molecule has 3 nitrogen and oxygen atoms in total. The molecular formula is C15H22O3S. The predicted molar refractivity (Wildman–Crippen MR) is 77.1 cm³/mol. The Balaban J connectivity index is 2.82. The van der Waals surface area contributed by atoms with Gasteiger partial charge in [0, 0.05) is 6.42 Å². The summed E-state index contributed by atoms with van der Waals surface area (Å²) in [5, 5.41) is 0. The fourth-order valence-corrected chi connectivity index (χ4v) is 3.10. The van der Waals surface area contributed by atoms with Gasteiger partial charge in [-0.2, -0.15) is 0 Å². The number of benzene rings is 1. The Kier molecular flexibility index (Phi) is 4.91. The van der Waals surface area contributed by atoms with Crippen LogP contribution < -0.4 is 0 Å². The lowest BCUT2D eigenvalue weighted by Crippen LogP contribution is -2.12. The van der Waals surface area contributed by atoms with Crippen molar-refractivity contribution in [3.63, 3.8) is 0 Å². The Hall–Kier alpha value is -1.16. The largest absolute Gasteiger partial charge is 0.300 e. The summed E-state index contributed by atoms with van der Waals surface area (Å²) in [6.45, 7) is 7.74. The van der Waals surface area contributed by atoms with Crippen LogP contribution in [0.15, 0.2) is 29.2 Å². The number of ketones is 1. The van der Waals surface area contributed by atoms with E-state index in [1.807, 2.05) is 12.1 Å². The maximum atomic E-state index is 12.1. The van der Waals surface area contributed by atoms with Gasteiger partial charge in [0.15, 0.2) is 9.84 Å². The van der Waals surface area contributed by atoms with Crippen molar-refractivity contribution >= 4 is 15.6 Å². The molecule has 0 fully saturated rings. The highest BCUT2D eigenvalue weighted by Crippen LogP contribution is 2.24. The van der Waals surface area contributed by atoms with E-state index < -0.39 is 9.84 Å². The molecule has 0 aromatic heterocycles. The maximum absolute atomic E-state index is 12.1. The molecule has 106 valence electrons. The first-order valence-electron chi connectivity index (χ1n) is 6.46. The molecule has 0 radical (unpaired) electrons. The Morgan fingerprint density at radius 1 is 1.11 bits per heavy atom. The van der Waals surface area contributed by atoms with Crippen LogP contribution in [-0.4, -0.2) is 20.0 Å². The van der Waals surface area contributed by atoms with E-state index in [1.165, 1.54) is 6.92 Å². The molecule has 0 heterocycles. The molecule has 0 aliphatic heterocycles. The molecule has 1 aromatic carbocycles. The average molecular weight is 282 g/mol. The summed E-state index contributed by atoms with van der Waals surface area (Å²) in [6, 6.07) is 7.03. The van der Waals surface area contributed by atoms with Crippen molar-refractivity contribution in [1.82, 2.24) is 0 Å². The number of carbonyl (C=O) groups is 1. The first kappa shape index (κ1) is 15.9. The van der Waals surface area contributed by atoms with Gasteiger partial charge in [-0.15, -0.1) is 0 Å². The molecule has 0 bridgehead atoms. The summed E-state index contributed by atoms with van der Waals surface area (Å²) >= 11 is 0. The van der Waals surface area contributed by atoms with E-state index in [4.69, 9.17) is 0 Å². The second kappa shape index (κ2) is 5.87. The van der Waals surface area contributed by atoms with Crippen LogP contribution in [-0.2, 0) is 20.0 Å². The third-order valence-electron chi connectivity index (χ3n) is 3.02. The summed E-state index contributed by atoms with van der Waals surface area (Å²) in [6.07, 6.45) is 0.706. The zero-order chi connectivity index (χ0) is 14.7. The maximum Gasteiger partial charge on any atom is 0.178 e. The summed E-state index contributed by atoms with van der Waals surface area (Å²) in [5.74, 6) is 0.0554. The van der Waals surface area contributed by atoms with Gasteiger partial charge in [0.1, 0.15) is 5.78 Å². The molecule has 4 heteroatoms. The van der Waals surface area contributed by atoms with E-state index >= 15 is 0 Å². The fraction of sp³-hybridized carbons (Fsp3) is 0.533. The van der Waals surface area contributed by atoms with Crippen LogP contribution in [0.5, 0.6) is 0 Å². The van der Waals surface area contributed by atoms with E-state index in [-0.39, 0.29) is 17.0 Å². The number of rotatable bonds is 5. The van der Waals surface area contributed by atoms with Crippen molar-refractivity contribution in [3.05, 3.63) is 29.8 Å². The normalized spacial score (nSPS) is 12.4. The third kappa shape index (κ3) is 4.78. The molecule has 0 N–H and O–H groups in total. The monoisotopic (exact) mass is 282 g/mol. The summed E-state index contributed by atoms with van der Waals surface area (Å²) in [4.78, 5) is 11.2. The molecule has 0 amide bonds. The van der Waals surface area contributed by atoms with Gasteiger partial charge >= 0.3 is 0 Å². The van der Waals surface area contributed by atoms with Crippen molar-refractivity contribution in [1.29, 1.82) is 0 Å². The molecule has 1 rings (SSSR count). The van der Waals surface area contributed by atoms with Gasteiger partial charge in [0.25, 0.3) is 0 Å². The minimum absolute atomic E-state index is 0.0108. The smallest absolute Gasteiger partial charge is 0.178 e. The van der Waals surface area contributed by atoms with Gasteiger partial charge in [0.2, 0.25) is 0 Å². The van der Waals surface area contributed by atoms with Gasteiger partial charge in [-0.3, -0.25) is 0 Å². The van der Waals surface area contributed by atoms with E-state index in [2.05, 4.69) is 20.8 Å². The Morgan fingerprint density at radius 3 is 2.05 bits per heavy atom.